The monoisotopic (exact) mass is 245 g/mol. The number of carbonyl (C=O) groups excluding carboxylic acids is 2. The molecule has 0 spiro atoms. The molecule has 1 unspecified atom stereocenters. The first-order valence-corrected chi connectivity index (χ1v) is 6.30. The standard InChI is InChI=1S/C9H11NO5S/c1-6(9(12)10-16(2,13)14)8(11)7-4-3-5-15-7/h3-6H,1-2H3,(H,10,12). The van der Waals surface area contributed by atoms with Crippen molar-refractivity contribution in [1.29, 1.82) is 0 Å². The Bertz CT molecular complexity index is 488. The van der Waals surface area contributed by atoms with Gasteiger partial charge in [0.2, 0.25) is 21.7 Å². The minimum Gasteiger partial charge on any atom is -0.461 e. The lowest BCUT2D eigenvalue weighted by molar-refractivity contribution is -0.121. The van der Waals surface area contributed by atoms with Gasteiger partial charge in [-0.2, -0.15) is 0 Å². The summed E-state index contributed by atoms with van der Waals surface area (Å²) in [7, 11) is -3.65. The van der Waals surface area contributed by atoms with Crippen LogP contribution < -0.4 is 4.72 Å². The first-order valence-electron chi connectivity index (χ1n) is 4.40. The second kappa shape index (κ2) is 4.48. The van der Waals surface area contributed by atoms with Crippen LogP contribution in [0.2, 0.25) is 0 Å². The normalized spacial score (nSPS) is 13.1. The summed E-state index contributed by atoms with van der Waals surface area (Å²) in [6, 6.07) is 2.92. The van der Waals surface area contributed by atoms with Crippen molar-refractivity contribution in [1.82, 2.24) is 4.72 Å². The Balaban J connectivity index is 2.76. The summed E-state index contributed by atoms with van der Waals surface area (Å²) in [6.07, 6.45) is 2.14. The Hall–Kier alpha value is -1.63. The van der Waals surface area contributed by atoms with Gasteiger partial charge in [-0.3, -0.25) is 14.3 Å². The molecule has 7 heteroatoms. The lowest BCUT2D eigenvalue weighted by atomic mass is 10.0. The van der Waals surface area contributed by atoms with Crippen LogP contribution in [0.15, 0.2) is 22.8 Å². The van der Waals surface area contributed by atoms with Crippen LogP contribution in [-0.4, -0.2) is 26.4 Å². The van der Waals surface area contributed by atoms with Crippen LogP contribution in [0.25, 0.3) is 0 Å². The number of nitrogens with one attached hydrogen (secondary N) is 1. The third kappa shape index (κ3) is 3.20. The summed E-state index contributed by atoms with van der Waals surface area (Å²) in [5.41, 5.74) is 0. The van der Waals surface area contributed by atoms with E-state index in [1.165, 1.54) is 25.3 Å². The van der Waals surface area contributed by atoms with Gasteiger partial charge in [-0.1, -0.05) is 0 Å². The molecule has 0 aliphatic carbocycles. The van der Waals surface area contributed by atoms with Gasteiger partial charge in [-0.25, -0.2) is 8.42 Å². The van der Waals surface area contributed by atoms with E-state index in [-0.39, 0.29) is 5.76 Å². The fraction of sp³-hybridized carbons (Fsp3) is 0.333. The van der Waals surface area contributed by atoms with Crippen LogP contribution in [0, 0.1) is 5.92 Å². The van der Waals surface area contributed by atoms with Gasteiger partial charge < -0.3 is 4.42 Å². The number of furan rings is 1. The second-order valence-electron chi connectivity index (χ2n) is 3.30. The van der Waals surface area contributed by atoms with E-state index >= 15 is 0 Å². The minimum atomic E-state index is -3.65. The van der Waals surface area contributed by atoms with Crippen molar-refractivity contribution in [2.45, 2.75) is 6.92 Å². The van der Waals surface area contributed by atoms with Gasteiger partial charge in [0.1, 0.15) is 5.92 Å². The fourth-order valence-corrected chi connectivity index (χ4v) is 1.56. The Morgan fingerprint density at radius 2 is 2.06 bits per heavy atom. The van der Waals surface area contributed by atoms with Crippen molar-refractivity contribution < 1.29 is 22.4 Å². The van der Waals surface area contributed by atoms with Crippen LogP contribution in [0.1, 0.15) is 17.5 Å². The highest BCUT2D eigenvalue weighted by atomic mass is 32.2. The molecule has 1 amide bonds. The van der Waals surface area contributed by atoms with Crippen LogP contribution in [0.4, 0.5) is 0 Å². The van der Waals surface area contributed by atoms with Crippen molar-refractivity contribution in [3.05, 3.63) is 24.2 Å². The van der Waals surface area contributed by atoms with Crippen LogP contribution in [0.3, 0.4) is 0 Å². The Kier molecular flexibility index (Phi) is 3.48. The summed E-state index contributed by atoms with van der Waals surface area (Å²) in [5.74, 6) is -2.52. The average molecular weight is 245 g/mol. The molecule has 88 valence electrons. The molecule has 1 heterocycles. The number of sulfonamides is 1. The van der Waals surface area contributed by atoms with Crippen LogP contribution >= 0.6 is 0 Å². The quantitative estimate of drug-likeness (QED) is 0.603. The summed E-state index contributed by atoms with van der Waals surface area (Å²) in [6.45, 7) is 1.31. The molecular weight excluding hydrogens is 234 g/mol. The number of ketones is 1. The van der Waals surface area contributed by atoms with E-state index in [4.69, 9.17) is 4.42 Å². The Morgan fingerprint density at radius 3 is 2.50 bits per heavy atom. The van der Waals surface area contributed by atoms with Gasteiger partial charge >= 0.3 is 0 Å². The molecule has 0 saturated heterocycles. The molecular formula is C9H11NO5S. The Labute approximate surface area is 92.7 Å². The molecule has 1 atom stereocenters. The summed E-state index contributed by atoms with van der Waals surface area (Å²) >= 11 is 0. The lowest BCUT2D eigenvalue weighted by Gasteiger charge is -2.07. The van der Waals surface area contributed by atoms with Gasteiger partial charge in [-0.15, -0.1) is 0 Å². The highest BCUT2D eigenvalue weighted by Gasteiger charge is 2.26. The molecule has 1 aromatic rings. The zero-order chi connectivity index (χ0) is 12.3. The van der Waals surface area contributed by atoms with Gasteiger partial charge in [0.15, 0.2) is 5.76 Å². The Morgan fingerprint density at radius 1 is 1.44 bits per heavy atom. The van der Waals surface area contributed by atoms with Crippen molar-refractivity contribution in [3.8, 4) is 0 Å². The molecule has 6 nitrogen and oxygen atoms in total. The van der Waals surface area contributed by atoms with Crippen molar-refractivity contribution in [2.75, 3.05) is 6.26 Å². The van der Waals surface area contributed by atoms with E-state index in [9.17, 15) is 18.0 Å². The molecule has 0 aliphatic rings. The molecule has 0 saturated carbocycles. The molecule has 0 fully saturated rings. The van der Waals surface area contributed by atoms with Gasteiger partial charge in [0, 0.05) is 0 Å². The number of carbonyl (C=O) groups is 2. The number of amides is 1. The van der Waals surface area contributed by atoms with Crippen LogP contribution in [-0.2, 0) is 14.8 Å². The maximum atomic E-state index is 11.6. The van der Waals surface area contributed by atoms with E-state index in [0.717, 1.165) is 6.26 Å². The molecule has 16 heavy (non-hydrogen) atoms. The first-order chi connectivity index (χ1) is 7.31. The number of Topliss-reactive ketones (excluding diaryl/α,β-unsaturated/α-hetero) is 1. The van der Waals surface area contributed by atoms with E-state index in [0.29, 0.717) is 0 Å². The van der Waals surface area contributed by atoms with Gasteiger partial charge in [-0.05, 0) is 19.1 Å². The van der Waals surface area contributed by atoms with Crippen molar-refractivity contribution >= 4 is 21.7 Å². The predicted octanol–water partition coefficient (Wildman–Crippen LogP) is 0.174. The summed E-state index contributed by atoms with van der Waals surface area (Å²) in [4.78, 5) is 22.9. The molecule has 1 aromatic heterocycles. The molecule has 0 radical (unpaired) electrons. The second-order valence-corrected chi connectivity index (χ2v) is 5.05. The SMILES string of the molecule is CC(C(=O)NS(C)(=O)=O)C(=O)c1ccco1. The van der Waals surface area contributed by atoms with E-state index in [1.807, 2.05) is 0 Å². The number of rotatable bonds is 4. The van der Waals surface area contributed by atoms with E-state index in [1.54, 1.807) is 4.72 Å². The highest BCUT2D eigenvalue weighted by molar-refractivity contribution is 7.89. The third-order valence-corrected chi connectivity index (χ3v) is 2.41. The van der Waals surface area contributed by atoms with Gasteiger partial charge in [0.25, 0.3) is 0 Å². The highest BCUT2D eigenvalue weighted by Crippen LogP contribution is 2.09. The van der Waals surface area contributed by atoms with E-state index < -0.39 is 27.6 Å². The maximum Gasteiger partial charge on any atom is 0.244 e. The van der Waals surface area contributed by atoms with Gasteiger partial charge in [0.05, 0.1) is 12.5 Å². The summed E-state index contributed by atoms with van der Waals surface area (Å²) in [5, 5.41) is 0. The number of hydrogen-bond acceptors (Lipinski definition) is 5. The van der Waals surface area contributed by atoms with E-state index in [2.05, 4.69) is 0 Å². The largest absolute Gasteiger partial charge is 0.461 e. The molecule has 0 aromatic carbocycles. The third-order valence-electron chi connectivity index (χ3n) is 1.84. The maximum absolute atomic E-state index is 11.6. The fourth-order valence-electron chi connectivity index (χ4n) is 1.02. The lowest BCUT2D eigenvalue weighted by Crippen LogP contribution is -2.37. The molecule has 0 aliphatic heterocycles. The molecule has 1 rings (SSSR count). The topological polar surface area (TPSA) is 93.5 Å². The van der Waals surface area contributed by atoms with Crippen molar-refractivity contribution in [3.63, 3.8) is 0 Å². The average Bonchev–Trinajstić information content (AvgIpc) is 2.65. The number of hydrogen-bond donors (Lipinski definition) is 1. The zero-order valence-electron chi connectivity index (χ0n) is 8.76. The van der Waals surface area contributed by atoms with Crippen LogP contribution in [0.5, 0.6) is 0 Å². The zero-order valence-corrected chi connectivity index (χ0v) is 9.58. The molecule has 1 N–H and O–H groups in total. The molecule has 0 bridgehead atoms. The predicted molar refractivity (Wildman–Crippen MR) is 55.2 cm³/mol. The van der Waals surface area contributed by atoms with Crippen molar-refractivity contribution in [2.24, 2.45) is 5.92 Å². The first kappa shape index (κ1) is 12.4. The minimum absolute atomic E-state index is 0.0242. The smallest absolute Gasteiger partial charge is 0.244 e. The summed E-state index contributed by atoms with van der Waals surface area (Å²) < 4.78 is 28.1.